The highest BCUT2D eigenvalue weighted by atomic mass is 32.1. The van der Waals surface area contributed by atoms with Crippen LogP contribution in [-0.4, -0.2) is 12.5 Å². The van der Waals surface area contributed by atoms with Crippen LogP contribution in [0.15, 0.2) is 41.1 Å². The van der Waals surface area contributed by atoms with Crippen LogP contribution >= 0.6 is 11.3 Å². The summed E-state index contributed by atoms with van der Waals surface area (Å²) in [6, 6.07) is 9.49. The maximum absolute atomic E-state index is 11.6. The summed E-state index contributed by atoms with van der Waals surface area (Å²) in [5, 5.41) is 6.55. The zero-order valence-corrected chi connectivity index (χ0v) is 10.3. The molecule has 0 aliphatic carbocycles. The number of thiophene rings is 1. The lowest BCUT2D eigenvalue weighted by Crippen LogP contribution is -2.20. The Labute approximate surface area is 104 Å². The number of benzene rings is 1. The molecule has 2 rings (SSSR count). The molecule has 1 amide bonds. The van der Waals surface area contributed by atoms with Crippen molar-refractivity contribution in [2.45, 2.75) is 6.92 Å². The van der Waals surface area contributed by atoms with Crippen molar-refractivity contribution in [2.24, 2.45) is 0 Å². The standard InChI is InChI=1S/C13H13NO2S/c1-10-4-2-3-5-12(10)16-8-13(15)14-11-6-7-17-9-11/h2-7,9H,8H2,1H3,(H,14,15). The van der Waals surface area contributed by atoms with E-state index in [9.17, 15) is 4.79 Å². The van der Waals surface area contributed by atoms with Crippen LogP contribution in [0.2, 0.25) is 0 Å². The maximum atomic E-state index is 11.6. The van der Waals surface area contributed by atoms with E-state index >= 15 is 0 Å². The van der Waals surface area contributed by atoms with E-state index in [1.165, 1.54) is 0 Å². The first-order chi connectivity index (χ1) is 8.25. The van der Waals surface area contributed by atoms with E-state index in [0.29, 0.717) is 0 Å². The number of hydrogen-bond donors (Lipinski definition) is 1. The van der Waals surface area contributed by atoms with E-state index in [2.05, 4.69) is 5.32 Å². The zero-order valence-electron chi connectivity index (χ0n) is 9.47. The first kappa shape index (κ1) is 11.7. The minimum atomic E-state index is -0.147. The fourth-order valence-electron chi connectivity index (χ4n) is 1.39. The van der Waals surface area contributed by atoms with Crippen LogP contribution in [0.5, 0.6) is 5.75 Å². The highest BCUT2D eigenvalue weighted by molar-refractivity contribution is 7.08. The summed E-state index contributed by atoms with van der Waals surface area (Å²) in [6.45, 7) is 1.98. The summed E-state index contributed by atoms with van der Waals surface area (Å²) in [5.74, 6) is 0.597. The van der Waals surface area contributed by atoms with Crippen LogP contribution in [0.25, 0.3) is 0 Å². The fourth-order valence-corrected chi connectivity index (χ4v) is 1.98. The molecule has 0 unspecified atom stereocenters. The molecular formula is C13H13NO2S. The largest absolute Gasteiger partial charge is 0.483 e. The lowest BCUT2D eigenvalue weighted by molar-refractivity contribution is -0.118. The zero-order chi connectivity index (χ0) is 12.1. The number of anilines is 1. The van der Waals surface area contributed by atoms with Crippen molar-refractivity contribution in [3.63, 3.8) is 0 Å². The molecule has 0 bridgehead atoms. The van der Waals surface area contributed by atoms with Crippen molar-refractivity contribution in [2.75, 3.05) is 11.9 Å². The van der Waals surface area contributed by atoms with Gasteiger partial charge in [-0.2, -0.15) is 11.3 Å². The lowest BCUT2D eigenvalue weighted by Gasteiger charge is -2.08. The van der Waals surface area contributed by atoms with Crippen molar-refractivity contribution >= 4 is 22.9 Å². The van der Waals surface area contributed by atoms with Crippen molar-refractivity contribution in [1.82, 2.24) is 0 Å². The molecule has 1 heterocycles. The third-order valence-corrected chi connectivity index (χ3v) is 2.94. The Morgan fingerprint density at radius 1 is 1.35 bits per heavy atom. The van der Waals surface area contributed by atoms with Gasteiger partial charge in [-0.15, -0.1) is 0 Å². The van der Waals surface area contributed by atoms with Gasteiger partial charge in [0.1, 0.15) is 5.75 Å². The van der Waals surface area contributed by atoms with Crippen molar-refractivity contribution in [3.8, 4) is 5.75 Å². The summed E-state index contributed by atoms with van der Waals surface area (Å²) in [7, 11) is 0. The number of carbonyl (C=O) groups is 1. The average molecular weight is 247 g/mol. The molecule has 0 fully saturated rings. The maximum Gasteiger partial charge on any atom is 0.262 e. The van der Waals surface area contributed by atoms with Gasteiger partial charge in [-0.05, 0) is 30.0 Å². The Morgan fingerprint density at radius 2 is 2.18 bits per heavy atom. The van der Waals surface area contributed by atoms with Crippen molar-refractivity contribution in [1.29, 1.82) is 0 Å². The number of hydrogen-bond acceptors (Lipinski definition) is 3. The topological polar surface area (TPSA) is 38.3 Å². The van der Waals surface area contributed by atoms with Crippen LogP contribution in [0, 0.1) is 6.92 Å². The summed E-state index contributed by atoms with van der Waals surface area (Å²) >= 11 is 1.54. The Hall–Kier alpha value is -1.81. The minimum absolute atomic E-state index is 0.0285. The second kappa shape index (κ2) is 5.50. The third kappa shape index (κ3) is 3.32. The number of amides is 1. The Kier molecular flexibility index (Phi) is 3.77. The molecule has 2 aromatic rings. The quantitative estimate of drug-likeness (QED) is 0.901. The van der Waals surface area contributed by atoms with Crippen molar-refractivity contribution < 1.29 is 9.53 Å². The van der Waals surface area contributed by atoms with Gasteiger partial charge in [-0.25, -0.2) is 0 Å². The number of rotatable bonds is 4. The SMILES string of the molecule is Cc1ccccc1OCC(=O)Nc1ccsc1. The molecule has 0 aliphatic heterocycles. The van der Waals surface area contributed by atoms with Gasteiger partial charge in [0.05, 0.1) is 5.69 Å². The molecule has 0 saturated carbocycles. The Bertz CT molecular complexity index is 494. The first-order valence-corrected chi connectivity index (χ1v) is 6.20. The molecule has 0 saturated heterocycles. The molecule has 88 valence electrons. The highest BCUT2D eigenvalue weighted by Gasteiger charge is 2.04. The van der Waals surface area contributed by atoms with Crippen LogP contribution < -0.4 is 10.1 Å². The number of ether oxygens (including phenoxy) is 1. The van der Waals surface area contributed by atoms with Gasteiger partial charge >= 0.3 is 0 Å². The molecule has 1 aromatic heterocycles. The van der Waals surface area contributed by atoms with Crippen LogP contribution in [0.3, 0.4) is 0 Å². The van der Waals surface area contributed by atoms with E-state index in [1.54, 1.807) is 11.3 Å². The van der Waals surface area contributed by atoms with Gasteiger partial charge in [0.2, 0.25) is 0 Å². The average Bonchev–Trinajstić information content (AvgIpc) is 2.81. The smallest absolute Gasteiger partial charge is 0.262 e. The van der Waals surface area contributed by atoms with E-state index in [-0.39, 0.29) is 12.5 Å². The normalized spacial score (nSPS) is 9.94. The van der Waals surface area contributed by atoms with Gasteiger partial charge in [0.15, 0.2) is 6.61 Å². The van der Waals surface area contributed by atoms with E-state index in [1.807, 2.05) is 48.0 Å². The second-order valence-corrected chi connectivity index (χ2v) is 4.39. The second-order valence-electron chi connectivity index (χ2n) is 3.61. The van der Waals surface area contributed by atoms with Gasteiger partial charge in [0, 0.05) is 5.38 Å². The Morgan fingerprint density at radius 3 is 2.88 bits per heavy atom. The number of para-hydroxylation sites is 1. The van der Waals surface area contributed by atoms with Crippen LogP contribution in [0.1, 0.15) is 5.56 Å². The number of carbonyl (C=O) groups excluding carboxylic acids is 1. The molecule has 1 aromatic carbocycles. The van der Waals surface area contributed by atoms with Gasteiger partial charge in [0.25, 0.3) is 5.91 Å². The predicted octanol–water partition coefficient (Wildman–Crippen LogP) is 3.07. The summed E-state index contributed by atoms with van der Waals surface area (Å²) in [6.07, 6.45) is 0. The molecule has 17 heavy (non-hydrogen) atoms. The first-order valence-electron chi connectivity index (χ1n) is 5.26. The molecule has 0 radical (unpaired) electrons. The van der Waals surface area contributed by atoms with Gasteiger partial charge in [-0.1, -0.05) is 18.2 Å². The minimum Gasteiger partial charge on any atom is -0.483 e. The number of aryl methyl sites for hydroxylation is 1. The Balaban J connectivity index is 1.86. The van der Waals surface area contributed by atoms with Crippen LogP contribution in [-0.2, 0) is 4.79 Å². The van der Waals surface area contributed by atoms with Gasteiger partial charge < -0.3 is 10.1 Å². The summed E-state index contributed by atoms with van der Waals surface area (Å²) < 4.78 is 5.44. The van der Waals surface area contributed by atoms with E-state index < -0.39 is 0 Å². The predicted molar refractivity (Wildman–Crippen MR) is 69.6 cm³/mol. The highest BCUT2D eigenvalue weighted by Crippen LogP contribution is 2.16. The lowest BCUT2D eigenvalue weighted by atomic mass is 10.2. The monoisotopic (exact) mass is 247 g/mol. The third-order valence-electron chi connectivity index (χ3n) is 2.26. The summed E-state index contributed by atoms with van der Waals surface area (Å²) in [5.41, 5.74) is 1.84. The molecule has 0 spiro atoms. The number of nitrogens with one attached hydrogen (secondary N) is 1. The fraction of sp³-hybridized carbons (Fsp3) is 0.154. The van der Waals surface area contributed by atoms with E-state index in [0.717, 1.165) is 17.0 Å². The van der Waals surface area contributed by atoms with Crippen molar-refractivity contribution in [3.05, 3.63) is 46.7 Å². The summed E-state index contributed by atoms with van der Waals surface area (Å²) in [4.78, 5) is 11.6. The molecular weight excluding hydrogens is 234 g/mol. The molecule has 3 nitrogen and oxygen atoms in total. The molecule has 0 atom stereocenters. The molecule has 4 heteroatoms. The van der Waals surface area contributed by atoms with Crippen LogP contribution in [0.4, 0.5) is 5.69 Å². The molecule has 0 aliphatic rings. The van der Waals surface area contributed by atoms with E-state index in [4.69, 9.17) is 4.74 Å². The molecule has 1 N–H and O–H groups in total. The van der Waals surface area contributed by atoms with Gasteiger partial charge in [-0.3, -0.25) is 4.79 Å².